The first kappa shape index (κ1) is 11.0. The van der Waals surface area contributed by atoms with Gasteiger partial charge in [-0.3, -0.25) is 4.68 Å². The minimum absolute atomic E-state index is 0.906. The van der Waals surface area contributed by atoms with E-state index in [1.807, 2.05) is 10.9 Å². The molecule has 0 unspecified atom stereocenters. The minimum atomic E-state index is 0.906. The molecule has 0 atom stereocenters. The third kappa shape index (κ3) is 2.73. The zero-order valence-corrected chi connectivity index (χ0v) is 9.85. The second-order valence-corrected chi connectivity index (χ2v) is 4.07. The van der Waals surface area contributed by atoms with Gasteiger partial charge in [0.1, 0.15) is 0 Å². The van der Waals surface area contributed by atoms with Gasteiger partial charge in [0.2, 0.25) is 0 Å². The van der Waals surface area contributed by atoms with Gasteiger partial charge in [-0.2, -0.15) is 5.10 Å². The second-order valence-electron chi connectivity index (χ2n) is 4.07. The van der Waals surface area contributed by atoms with Gasteiger partial charge in [0.05, 0.1) is 12.7 Å². The van der Waals surface area contributed by atoms with E-state index in [4.69, 9.17) is 0 Å². The van der Waals surface area contributed by atoms with Gasteiger partial charge in [-0.25, -0.2) is 0 Å². The van der Waals surface area contributed by atoms with E-state index in [-0.39, 0.29) is 0 Å². The molecule has 1 N–H and O–H groups in total. The molecular weight excluding hydrogens is 200 g/mol. The SMILES string of the molecule is Cc1cnn(CCNCc2cccn2C)c1. The number of hydrogen-bond acceptors (Lipinski definition) is 2. The van der Waals surface area contributed by atoms with E-state index in [9.17, 15) is 0 Å². The number of aryl methyl sites for hydroxylation is 2. The van der Waals surface area contributed by atoms with Crippen LogP contribution in [-0.4, -0.2) is 20.9 Å². The largest absolute Gasteiger partial charge is 0.353 e. The Labute approximate surface area is 95.9 Å². The van der Waals surface area contributed by atoms with Crippen molar-refractivity contribution in [3.8, 4) is 0 Å². The third-order valence-electron chi connectivity index (χ3n) is 2.64. The van der Waals surface area contributed by atoms with E-state index in [0.717, 1.165) is 19.6 Å². The summed E-state index contributed by atoms with van der Waals surface area (Å²) in [5.41, 5.74) is 2.51. The predicted octanol–water partition coefficient (Wildman–Crippen LogP) is 1.32. The average Bonchev–Trinajstić information content (AvgIpc) is 2.83. The smallest absolute Gasteiger partial charge is 0.0534 e. The van der Waals surface area contributed by atoms with Gasteiger partial charge >= 0.3 is 0 Å². The highest BCUT2D eigenvalue weighted by Gasteiger charge is 1.97. The average molecular weight is 218 g/mol. The normalized spacial score (nSPS) is 10.9. The van der Waals surface area contributed by atoms with Crippen molar-refractivity contribution >= 4 is 0 Å². The molecular formula is C12H18N4. The van der Waals surface area contributed by atoms with Gasteiger partial charge in [0.25, 0.3) is 0 Å². The Morgan fingerprint density at radius 3 is 2.94 bits per heavy atom. The molecule has 0 aliphatic carbocycles. The Hall–Kier alpha value is -1.55. The molecule has 86 valence electrons. The minimum Gasteiger partial charge on any atom is -0.353 e. The van der Waals surface area contributed by atoms with E-state index >= 15 is 0 Å². The molecule has 2 rings (SSSR count). The third-order valence-corrected chi connectivity index (χ3v) is 2.64. The molecule has 0 aliphatic rings. The summed E-state index contributed by atoms with van der Waals surface area (Å²) in [5.74, 6) is 0. The summed E-state index contributed by atoms with van der Waals surface area (Å²) in [6.07, 6.45) is 6.01. The molecule has 4 nitrogen and oxygen atoms in total. The molecule has 0 bridgehead atoms. The molecule has 0 aliphatic heterocycles. The Bertz CT molecular complexity index is 441. The van der Waals surface area contributed by atoms with Crippen LogP contribution < -0.4 is 5.32 Å². The summed E-state index contributed by atoms with van der Waals surface area (Å²) in [4.78, 5) is 0. The maximum atomic E-state index is 4.24. The maximum Gasteiger partial charge on any atom is 0.0534 e. The van der Waals surface area contributed by atoms with Crippen LogP contribution >= 0.6 is 0 Å². The van der Waals surface area contributed by atoms with E-state index in [1.165, 1.54) is 11.3 Å². The second kappa shape index (κ2) is 4.99. The highest BCUT2D eigenvalue weighted by atomic mass is 15.3. The molecule has 0 amide bonds. The van der Waals surface area contributed by atoms with Crippen LogP contribution in [0.15, 0.2) is 30.7 Å². The fourth-order valence-corrected chi connectivity index (χ4v) is 1.68. The Morgan fingerprint density at radius 2 is 2.31 bits per heavy atom. The highest BCUT2D eigenvalue weighted by Crippen LogP contribution is 1.98. The molecule has 16 heavy (non-hydrogen) atoms. The Balaban J connectivity index is 1.71. The van der Waals surface area contributed by atoms with Crippen molar-refractivity contribution in [2.24, 2.45) is 7.05 Å². The van der Waals surface area contributed by atoms with Crippen LogP contribution in [0.1, 0.15) is 11.3 Å². The van der Waals surface area contributed by atoms with Gasteiger partial charge in [-0.05, 0) is 24.6 Å². The molecule has 0 spiro atoms. The zero-order chi connectivity index (χ0) is 11.4. The number of aromatic nitrogens is 3. The van der Waals surface area contributed by atoms with Crippen LogP contribution in [-0.2, 0) is 20.1 Å². The van der Waals surface area contributed by atoms with Gasteiger partial charge in [0, 0.05) is 38.2 Å². The van der Waals surface area contributed by atoms with Crippen LogP contribution in [0, 0.1) is 6.92 Å². The van der Waals surface area contributed by atoms with E-state index in [0.29, 0.717) is 0 Å². The topological polar surface area (TPSA) is 34.8 Å². The highest BCUT2D eigenvalue weighted by molar-refractivity contribution is 5.05. The number of rotatable bonds is 5. The van der Waals surface area contributed by atoms with Crippen molar-refractivity contribution < 1.29 is 0 Å². The Morgan fingerprint density at radius 1 is 1.44 bits per heavy atom. The van der Waals surface area contributed by atoms with Crippen LogP contribution in [0.25, 0.3) is 0 Å². The number of nitrogens with one attached hydrogen (secondary N) is 1. The molecule has 0 saturated carbocycles. The lowest BCUT2D eigenvalue weighted by Gasteiger charge is -2.06. The lowest BCUT2D eigenvalue weighted by atomic mass is 10.4. The van der Waals surface area contributed by atoms with E-state index in [1.54, 1.807) is 0 Å². The molecule has 0 fully saturated rings. The zero-order valence-electron chi connectivity index (χ0n) is 9.85. The lowest BCUT2D eigenvalue weighted by Crippen LogP contribution is -2.20. The standard InChI is InChI=1S/C12H18N4/c1-11-8-14-16(10-11)7-5-13-9-12-4-3-6-15(12)2/h3-4,6,8,10,13H,5,7,9H2,1-2H3. The predicted molar refractivity (Wildman–Crippen MR) is 64.1 cm³/mol. The van der Waals surface area contributed by atoms with Crippen LogP contribution in [0.5, 0.6) is 0 Å². The first-order valence-electron chi connectivity index (χ1n) is 5.55. The molecule has 0 radical (unpaired) electrons. The van der Waals surface area contributed by atoms with Crippen molar-refractivity contribution in [2.45, 2.75) is 20.0 Å². The van der Waals surface area contributed by atoms with Gasteiger partial charge in [-0.1, -0.05) is 0 Å². The van der Waals surface area contributed by atoms with Gasteiger partial charge in [-0.15, -0.1) is 0 Å². The monoisotopic (exact) mass is 218 g/mol. The summed E-state index contributed by atoms with van der Waals surface area (Å²) in [5, 5.41) is 7.64. The van der Waals surface area contributed by atoms with Gasteiger partial charge < -0.3 is 9.88 Å². The van der Waals surface area contributed by atoms with Crippen LogP contribution in [0.3, 0.4) is 0 Å². The maximum absolute atomic E-state index is 4.24. The summed E-state index contributed by atoms with van der Waals surface area (Å²) in [6, 6.07) is 4.19. The van der Waals surface area contributed by atoms with Crippen molar-refractivity contribution in [3.05, 3.63) is 42.0 Å². The molecule has 2 heterocycles. The fraction of sp³-hybridized carbons (Fsp3) is 0.417. The van der Waals surface area contributed by atoms with E-state index in [2.05, 4.69) is 53.5 Å². The first-order chi connectivity index (χ1) is 7.75. The molecule has 0 saturated heterocycles. The summed E-state index contributed by atoms with van der Waals surface area (Å²) in [6.45, 7) is 4.81. The summed E-state index contributed by atoms with van der Waals surface area (Å²) in [7, 11) is 2.06. The van der Waals surface area contributed by atoms with Crippen molar-refractivity contribution in [3.63, 3.8) is 0 Å². The van der Waals surface area contributed by atoms with Gasteiger partial charge in [0.15, 0.2) is 0 Å². The lowest BCUT2D eigenvalue weighted by molar-refractivity contribution is 0.547. The van der Waals surface area contributed by atoms with Crippen LogP contribution in [0.4, 0.5) is 0 Å². The number of nitrogens with zero attached hydrogens (tertiary/aromatic N) is 3. The molecule has 2 aromatic heterocycles. The van der Waals surface area contributed by atoms with Crippen molar-refractivity contribution in [1.82, 2.24) is 19.7 Å². The quantitative estimate of drug-likeness (QED) is 0.768. The van der Waals surface area contributed by atoms with Crippen molar-refractivity contribution in [2.75, 3.05) is 6.54 Å². The fourth-order valence-electron chi connectivity index (χ4n) is 1.68. The first-order valence-corrected chi connectivity index (χ1v) is 5.55. The molecule has 0 aromatic carbocycles. The summed E-state index contributed by atoms with van der Waals surface area (Å²) >= 11 is 0. The molecule has 2 aromatic rings. The van der Waals surface area contributed by atoms with Crippen molar-refractivity contribution in [1.29, 1.82) is 0 Å². The Kier molecular flexibility index (Phi) is 3.41. The molecule has 4 heteroatoms. The van der Waals surface area contributed by atoms with Crippen LogP contribution in [0.2, 0.25) is 0 Å². The van der Waals surface area contributed by atoms with E-state index < -0.39 is 0 Å². The number of hydrogen-bond donors (Lipinski definition) is 1. The summed E-state index contributed by atoms with van der Waals surface area (Å²) < 4.78 is 4.10.